The number of methoxy groups -OCH3 is 2. The second-order valence-electron chi connectivity index (χ2n) is 18.7. The Kier molecular flexibility index (Phi) is 14.1. The molecule has 5 aromatic carbocycles. The van der Waals surface area contributed by atoms with Gasteiger partial charge in [0, 0.05) is 72.7 Å². The normalized spacial score (nSPS) is 16.6. The average molecular weight is 970 g/mol. The molecule has 3 amide bonds. The monoisotopic (exact) mass is 969 g/mol. The fourth-order valence-corrected chi connectivity index (χ4v) is 12.3. The highest BCUT2D eigenvalue weighted by atomic mass is 33.1. The minimum atomic E-state index is -0.160. The molecule has 4 aliphatic heterocycles. The summed E-state index contributed by atoms with van der Waals surface area (Å²) in [6.45, 7) is 7.30. The van der Waals surface area contributed by atoms with Gasteiger partial charge in [0.15, 0.2) is 23.0 Å². The van der Waals surface area contributed by atoms with Gasteiger partial charge in [0.25, 0.3) is 11.8 Å². The number of amides is 3. The Bertz CT molecular complexity index is 2640. The lowest BCUT2D eigenvalue weighted by Gasteiger charge is -2.25. The van der Waals surface area contributed by atoms with Crippen molar-refractivity contribution in [3.63, 3.8) is 0 Å². The van der Waals surface area contributed by atoms with E-state index in [4.69, 9.17) is 18.9 Å². The number of ether oxygens (including phenoxy) is 4. The summed E-state index contributed by atoms with van der Waals surface area (Å²) in [5, 5.41) is 7.02. The molecule has 360 valence electrons. The van der Waals surface area contributed by atoms with Crippen LogP contribution >= 0.6 is 21.6 Å². The highest BCUT2D eigenvalue weighted by molar-refractivity contribution is 8.77. The number of benzene rings is 5. The molecule has 4 aliphatic rings. The Labute approximate surface area is 412 Å². The molecule has 0 aromatic heterocycles. The van der Waals surface area contributed by atoms with E-state index in [1.807, 2.05) is 76.5 Å². The number of carbonyl (C=O) groups excluding carboxylic acids is 4. The zero-order valence-corrected chi connectivity index (χ0v) is 41.7. The predicted molar refractivity (Wildman–Crippen MR) is 276 cm³/mol. The molecule has 2 atom stereocenters. The van der Waals surface area contributed by atoms with Crippen LogP contribution in [0.1, 0.15) is 89.4 Å². The molecule has 0 spiro atoms. The molecule has 69 heavy (non-hydrogen) atoms. The first-order valence-electron chi connectivity index (χ1n) is 23.5. The molecule has 0 aliphatic carbocycles. The summed E-state index contributed by atoms with van der Waals surface area (Å²) in [5.74, 6) is 2.63. The molecule has 2 N–H and O–H groups in total. The largest absolute Gasteiger partial charge is 0.493 e. The summed E-state index contributed by atoms with van der Waals surface area (Å²) in [6, 6.07) is 29.1. The fraction of sp³-hybridized carbons (Fsp3) is 0.370. The first kappa shape index (κ1) is 47.7. The van der Waals surface area contributed by atoms with Crippen molar-refractivity contribution >= 4 is 73.5 Å². The van der Waals surface area contributed by atoms with Gasteiger partial charge in [-0.25, -0.2) is 0 Å². The number of hydrogen-bond acceptors (Lipinski definition) is 12. The van der Waals surface area contributed by atoms with Gasteiger partial charge in [-0.15, -0.1) is 0 Å². The summed E-state index contributed by atoms with van der Waals surface area (Å²) in [6.07, 6.45) is 3.96. The first-order valence-corrected chi connectivity index (χ1v) is 25.8. The molecule has 9 rings (SSSR count). The molecule has 0 bridgehead atoms. The third-order valence-corrected chi connectivity index (χ3v) is 16.7. The van der Waals surface area contributed by atoms with Crippen LogP contribution in [0.2, 0.25) is 0 Å². The zero-order valence-electron chi connectivity index (χ0n) is 40.0. The van der Waals surface area contributed by atoms with Crippen LogP contribution in [0.4, 0.5) is 28.4 Å². The van der Waals surface area contributed by atoms with E-state index in [0.717, 1.165) is 58.6 Å². The highest BCUT2D eigenvalue weighted by Gasteiger charge is 2.39. The SMILES string of the molecule is COc1cc2c(cc1OCc1cc(COc3cc4c(cc3OC)C(=O)N3c5ccccc5C[C@H]3CN4)cc(N(C)C(=O)CCC(C)(C)SSCCCC(C)=O)c1)NC[C@@H]1Cc3ccccc3N1C2=O. The highest BCUT2D eigenvalue weighted by Crippen LogP contribution is 2.44. The molecular formula is C54H59N5O8S2. The lowest BCUT2D eigenvalue weighted by atomic mass is 10.1. The third-order valence-electron chi connectivity index (χ3n) is 13.3. The van der Waals surface area contributed by atoms with Crippen molar-refractivity contribution in [3.05, 3.63) is 124 Å². The van der Waals surface area contributed by atoms with Crippen LogP contribution in [0, 0.1) is 0 Å². The second-order valence-corrected chi connectivity index (χ2v) is 21.8. The molecule has 15 heteroatoms. The van der Waals surface area contributed by atoms with Crippen LogP contribution in [0.5, 0.6) is 23.0 Å². The first-order chi connectivity index (χ1) is 33.3. The Morgan fingerprint density at radius 2 is 1.22 bits per heavy atom. The minimum Gasteiger partial charge on any atom is -0.493 e. The Hall–Kier alpha value is -6.32. The number of Topliss-reactive ketones (excluding diaryl/α,β-unsaturated/α-hetero) is 1. The van der Waals surface area contributed by atoms with Gasteiger partial charge in [0.1, 0.15) is 19.0 Å². The molecule has 0 unspecified atom stereocenters. The average Bonchev–Trinajstić information content (AvgIpc) is 3.84. The number of rotatable bonds is 18. The molecule has 0 radical (unpaired) electrons. The van der Waals surface area contributed by atoms with Crippen LogP contribution in [-0.2, 0) is 35.6 Å². The number of hydrogen-bond donors (Lipinski definition) is 2. The Morgan fingerprint density at radius 1 is 0.710 bits per heavy atom. The summed E-state index contributed by atoms with van der Waals surface area (Å²) in [5.41, 5.74) is 8.76. The molecule has 5 aromatic rings. The summed E-state index contributed by atoms with van der Waals surface area (Å²) >= 11 is 0. The van der Waals surface area contributed by atoms with Gasteiger partial charge in [-0.1, -0.05) is 58.0 Å². The fourth-order valence-electron chi connectivity index (χ4n) is 9.59. The van der Waals surface area contributed by atoms with Gasteiger partial charge in [-0.2, -0.15) is 0 Å². The topological polar surface area (TPSA) is 139 Å². The summed E-state index contributed by atoms with van der Waals surface area (Å²) < 4.78 is 24.6. The van der Waals surface area contributed by atoms with E-state index in [1.165, 1.54) is 0 Å². The second kappa shape index (κ2) is 20.3. The van der Waals surface area contributed by atoms with Gasteiger partial charge in [0.05, 0.1) is 48.8 Å². The van der Waals surface area contributed by atoms with Crippen molar-refractivity contribution < 1.29 is 38.1 Å². The summed E-state index contributed by atoms with van der Waals surface area (Å²) in [7, 11) is 8.40. The predicted octanol–water partition coefficient (Wildman–Crippen LogP) is 10.1. The summed E-state index contributed by atoms with van der Waals surface area (Å²) in [4.78, 5) is 59.0. The van der Waals surface area contributed by atoms with Gasteiger partial charge in [-0.05, 0) is 111 Å². The maximum absolute atomic E-state index is 14.1. The van der Waals surface area contributed by atoms with Crippen molar-refractivity contribution in [1.29, 1.82) is 0 Å². The Morgan fingerprint density at radius 3 is 1.71 bits per heavy atom. The van der Waals surface area contributed by atoms with Crippen molar-refractivity contribution in [2.24, 2.45) is 0 Å². The van der Waals surface area contributed by atoms with Crippen molar-refractivity contribution in [2.45, 2.75) is 89.3 Å². The van der Waals surface area contributed by atoms with E-state index in [0.29, 0.717) is 83.5 Å². The molecule has 0 saturated heterocycles. The van der Waals surface area contributed by atoms with Crippen molar-refractivity contribution in [3.8, 4) is 23.0 Å². The van der Waals surface area contributed by atoms with Crippen LogP contribution in [0.25, 0.3) is 0 Å². The quantitative estimate of drug-likeness (QED) is 0.0638. The van der Waals surface area contributed by atoms with Gasteiger partial charge in [0.2, 0.25) is 5.91 Å². The van der Waals surface area contributed by atoms with Crippen LogP contribution in [0.3, 0.4) is 0 Å². The minimum absolute atomic E-state index is 0.0199. The molecule has 13 nitrogen and oxygen atoms in total. The number of anilines is 5. The van der Waals surface area contributed by atoms with Crippen molar-refractivity contribution in [1.82, 2.24) is 0 Å². The number of nitrogens with zero attached hydrogens (tertiary/aromatic N) is 3. The van der Waals surface area contributed by atoms with E-state index in [9.17, 15) is 19.2 Å². The van der Waals surface area contributed by atoms with Gasteiger partial charge < -0.3 is 49.1 Å². The smallest absolute Gasteiger partial charge is 0.260 e. The molecule has 0 saturated carbocycles. The van der Waals surface area contributed by atoms with E-state index >= 15 is 0 Å². The number of carbonyl (C=O) groups is 4. The number of para-hydroxylation sites is 2. The third kappa shape index (κ3) is 10.2. The Balaban J connectivity index is 0.955. The lowest BCUT2D eigenvalue weighted by Crippen LogP contribution is -2.39. The van der Waals surface area contributed by atoms with Crippen LogP contribution in [-0.4, -0.2) is 80.4 Å². The number of nitrogens with one attached hydrogen (secondary N) is 2. The van der Waals surface area contributed by atoms with E-state index in [-0.39, 0.29) is 53.5 Å². The van der Waals surface area contributed by atoms with Gasteiger partial charge >= 0.3 is 0 Å². The lowest BCUT2D eigenvalue weighted by molar-refractivity contribution is -0.118. The van der Waals surface area contributed by atoms with Crippen LogP contribution in [0.15, 0.2) is 91.0 Å². The standard InChI is InChI=1S/C54H59N5O8S2/c1-33(60)12-11-19-68-69-54(2,3)18-17-51(61)57(4)38-21-34(31-66-49-27-43-41(25-47(49)64-5)52(62)58-39(29-55-43)23-36-13-7-9-15-45(36)58)20-35(22-38)32-67-50-28-44-42(26-48(50)65-6)53(63)59-40(30-56-44)24-37-14-8-10-16-46(37)59/h7-10,13-16,20-22,25-28,39-40,55-56H,11-12,17-19,23-24,29-32H2,1-6H3/t39-,40-/m0/s1. The molecule has 4 heterocycles. The molecular weight excluding hydrogens is 911 g/mol. The van der Waals surface area contributed by atoms with E-state index < -0.39 is 0 Å². The van der Waals surface area contributed by atoms with Crippen molar-refractivity contribution in [2.75, 3.05) is 65.4 Å². The van der Waals surface area contributed by atoms with Crippen LogP contribution < -0.4 is 44.3 Å². The number of ketones is 1. The van der Waals surface area contributed by atoms with Gasteiger partial charge in [-0.3, -0.25) is 14.4 Å². The van der Waals surface area contributed by atoms with E-state index in [2.05, 4.69) is 36.6 Å². The maximum Gasteiger partial charge on any atom is 0.260 e. The van der Waals surface area contributed by atoms with E-state index in [1.54, 1.807) is 66.8 Å². The zero-order chi connectivity index (χ0) is 48.4. The number of fused-ring (bicyclic) bond motifs is 8. The maximum atomic E-state index is 14.1. The molecule has 0 fully saturated rings.